The second-order valence-electron chi connectivity index (χ2n) is 4.37. The average molecular weight is 254 g/mol. The summed E-state index contributed by atoms with van der Waals surface area (Å²) < 4.78 is 6.74. The maximum atomic E-state index is 12.1. The molecular weight excluding hydrogens is 236 g/mol. The molecule has 0 spiro atoms. The predicted molar refractivity (Wildman–Crippen MR) is 62.4 cm³/mol. The highest BCUT2D eigenvalue weighted by atomic mass is 16.5. The van der Waals surface area contributed by atoms with Crippen LogP contribution in [0.5, 0.6) is 0 Å². The van der Waals surface area contributed by atoms with Crippen LogP contribution in [0.4, 0.5) is 0 Å². The topological polar surface area (TPSA) is 99.2 Å². The molecule has 0 aliphatic carbocycles. The van der Waals surface area contributed by atoms with Gasteiger partial charge in [0, 0.05) is 26.2 Å². The van der Waals surface area contributed by atoms with E-state index >= 15 is 0 Å². The predicted octanol–water partition coefficient (Wildman–Crippen LogP) is -1.36. The van der Waals surface area contributed by atoms with Gasteiger partial charge in [0.1, 0.15) is 12.9 Å². The fourth-order valence-corrected chi connectivity index (χ4v) is 2.26. The van der Waals surface area contributed by atoms with Gasteiger partial charge in [-0.1, -0.05) is 0 Å². The Morgan fingerprint density at radius 2 is 2.44 bits per heavy atom. The van der Waals surface area contributed by atoms with Crippen LogP contribution in [-0.2, 0) is 16.1 Å². The van der Waals surface area contributed by atoms with Gasteiger partial charge in [-0.3, -0.25) is 4.79 Å². The molecule has 1 aromatic heterocycles. The van der Waals surface area contributed by atoms with Gasteiger partial charge in [-0.25, -0.2) is 4.68 Å². The fraction of sp³-hybridized carbons (Fsp3) is 0.800. The van der Waals surface area contributed by atoms with Crippen LogP contribution in [0.3, 0.4) is 0 Å². The first-order valence-corrected chi connectivity index (χ1v) is 5.97. The summed E-state index contributed by atoms with van der Waals surface area (Å²) in [6.07, 6.45) is 3.25. The Balaban J connectivity index is 1.96. The summed E-state index contributed by atoms with van der Waals surface area (Å²) in [5.74, 6) is -0.00713. The number of methoxy groups -OCH3 is 1. The van der Waals surface area contributed by atoms with E-state index in [1.54, 1.807) is 12.0 Å². The molecule has 2 heterocycles. The van der Waals surface area contributed by atoms with Crippen molar-refractivity contribution in [1.29, 1.82) is 0 Å². The zero-order valence-electron chi connectivity index (χ0n) is 10.4. The Kier molecular flexibility index (Phi) is 4.21. The molecule has 8 nitrogen and oxygen atoms in total. The minimum atomic E-state index is -0.00713. The Hall–Kier alpha value is -1.54. The first kappa shape index (κ1) is 12.9. The minimum Gasteiger partial charge on any atom is -0.381 e. The van der Waals surface area contributed by atoms with E-state index in [1.807, 2.05) is 0 Å². The van der Waals surface area contributed by atoms with E-state index in [9.17, 15) is 4.79 Å². The molecule has 0 aromatic carbocycles. The minimum absolute atomic E-state index is 0.00713. The zero-order valence-corrected chi connectivity index (χ0v) is 10.4. The number of ether oxygens (including phenoxy) is 1. The van der Waals surface area contributed by atoms with Crippen molar-refractivity contribution >= 4 is 5.91 Å². The third-order valence-corrected chi connectivity index (χ3v) is 3.28. The molecule has 0 saturated carbocycles. The van der Waals surface area contributed by atoms with Crippen molar-refractivity contribution in [1.82, 2.24) is 25.1 Å². The normalized spacial score (nSPS) is 24.2. The van der Waals surface area contributed by atoms with E-state index < -0.39 is 0 Å². The van der Waals surface area contributed by atoms with E-state index in [0.29, 0.717) is 13.1 Å². The van der Waals surface area contributed by atoms with Crippen molar-refractivity contribution < 1.29 is 9.53 Å². The maximum Gasteiger partial charge on any atom is 0.244 e. The van der Waals surface area contributed by atoms with Crippen molar-refractivity contribution in [2.45, 2.75) is 31.5 Å². The molecule has 2 unspecified atom stereocenters. The summed E-state index contributed by atoms with van der Waals surface area (Å²) in [6, 6.07) is 0.0349. The lowest BCUT2D eigenvalue weighted by molar-refractivity contribution is -0.137. The number of nitrogens with two attached hydrogens (primary N) is 1. The molecule has 1 aliphatic heterocycles. The van der Waals surface area contributed by atoms with Crippen LogP contribution in [0, 0.1) is 0 Å². The van der Waals surface area contributed by atoms with Crippen molar-refractivity contribution in [3.63, 3.8) is 0 Å². The summed E-state index contributed by atoms with van der Waals surface area (Å²) in [5, 5.41) is 10.7. The second-order valence-corrected chi connectivity index (χ2v) is 4.37. The molecule has 2 rings (SSSR count). The zero-order chi connectivity index (χ0) is 13.0. The highest BCUT2D eigenvalue weighted by Crippen LogP contribution is 2.19. The largest absolute Gasteiger partial charge is 0.381 e. The van der Waals surface area contributed by atoms with Crippen LogP contribution in [0.25, 0.3) is 0 Å². The lowest BCUT2D eigenvalue weighted by Crippen LogP contribution is -2.52. The van der Waals surface area contributed by atoms with Gasteiger partial charge < -0.3 is 15.4 Å². The summed E-state index contributed by atoms with van der Waals surface area (Å²) in [5.41, 5.74) is 5.73. The summed E-state index contributed by atoms with van der Waals surface area (Å²) in [6.45, 7) is 1.27. The van der Waals surface area contributed by atoms with E-state index in [4.69, 9.17) is 10.5 Å². The van der Waals surface area contributed by atoms with Gasteiger partial charge in [-0.05, 0) is 23.3 Å². The number of hydrogen-bond acceptors (Lipinski definition) is 6. The number of hydrogen-bond donors (Lipinski definition) is 1. The highest BCUT2D eigenvalue weighted by Gasteiger charge is 2.30. The van der Waals surface area contributed by atoms with Crippen molar-refractivity contribution in [3.05, 3.63) is 6.33 Å². The molecule has 1 fully saturated rings. The van der Waals surface area contributed by atoms with Gasteiger partial charge in [0.15, 0.2) is 0 Å². The van der Waals surface area contributed by atoms with Crippen LogP contribution in [-0.4, -0.2) is 63.4 Å². The van der Waals surface area contributed by atoms with Crippen LogP contribution in [0.1, 0.15) is 12.8 Å². The molecule has 2 atom stereocenters. The SMILES string of the molecule is COC1CCN(C(=O)Cn2cnnn2)C(CN)C1. The third kappa shape index (κ3) is 2.82. The molecule has 1 aromatic rings. The van der Waals surface area contributed by atoms with Crippen molar-refractivity contribution in [3.8, 4) is 0 Å². The second kappa shape index (κ2) is 5.87. The van der Waals surface area contributed by atoms with Crippen LogP contribution in [0.2, 0.25) is 0 Å². The van der Waals surface area contributed by atoms with E-state index in [-0.39, 0.29) is 24.6 Å². The molecule has 1 aliphatic rings. The van der Waals surface area contributed by atoms with Gasteiger partial charge in [0.05, 0.1) is 6.10 Å². The Morgan fingerprint density at radius 3 is 3.06 bits per heavy atom. The molecule has 0 bridgehead atoms. The molecule has 18 heavy (non-hydrogen) atoms. The monoisotopic (exact) mass is 254 g/mol. The van der Waals surface area contributed by atoms with Gasteiger partial charge in [-0.2, -0.15) is 0 Å². The summed E-state index contributed by atoms with van der Waals surface area (Å²) in [4.78, 5) is 13.9. The first-order valence-electron chi connectivity index (χ1n) is 5.97. The van der Waals surface area contributed by atoms with Gasteiger partial charge >= 0.3 is 0 Å². The quantitative estimate of drug-likeness (QED) is 0.712. The fourth-order valence-electron chi connectivity index (χ4n) is 2.26. The smallest absolute Gasteiger partial charge is 0.244 e. The van der Waals surface area contributed by atoms with Crippen molar-refractivity contribution in [2.24, 2.45) is 5.73 Å². The number of amides is 1. The van der Waals surface area contributed by atoms with Crippen LogP contribution >= 0.6 is 0 Å². The van der Waals surface area contributed by atoms with Crippen LogP contribution < -0.4 is 5.73 Å². The molecule has 2 N–H and O–H groups in total. The Morgan fingerprint density at radius 1 is 1.61 bits per heavy atom. The van der Waals surface area contributed by atoms with E-state index in [0.717, 1.165) is 12.8 Å². The maximum absolute atomic E-state index is 12.1. The number of nitrogens with zero attached hydrogens (tertiary/aromatic N) is 5. The molecule has 1 saturated heterocycles. The first-order chi connectivity index (χ1) is 8.74. The number of aromatic nitrogens is 4. The Bertz CT molecular complexity index is 382. The lowest BCUT2D eigenvalue weighted by atomic mass is 9.99. The standard InChI is InChI=1S/C10H18N6O2/c1-18-9-2-3-16(8(4-9)5-11)10(17)6-15-7-12-13-14-15/h7-9H,2-6,11H2,1H3. The number of piperidine rings is 1. The number of rotatable bonds is 4. The van der Waals surface area contributed by atoms with Gasteiger partial charge in [0.25, 0.3) is 0 Å². The lowest BCUT2D eigenvalue weighted by Gasteiger charge is -2.38. The third-order valence-electron chi connectivity index (χ3n) is 3.28. The average Bonchev–Trinajstić information content (AvgIpc) is 2.90. The van der Waals surface area contributed by atoms with Crippen molar-refractivity contribution in [2.75, 3.05) is 20.2 Å². The van der Waals surface area contributed by atoms with E-state index in [2.05, 4.69) is 15.5 Å². The summed E-state index contributed by atoms with van der Waals surface area (Å²) >= 11 is 0. The number of tetrazole rings is 1. The van der Waals surface area contributed by atoms with Gasteiger partial charge in [-0.15, -0.1) is 5.10 Å². The molecule has 100 valence electrons. The summed E-state index contributed by atoms with van der Waals surface area (Å²) in [7, 11) is 1.69. The number of carbonyl (C=O) groups is 1. The number of likely N-dealkylation sites (tertiary alicyclic amines) is 1. The molecule has 8 heteroatoms. The Labute approximate surface area is 105 Å². The number of carbonyl (C=O) groups excluding carboxylic acids is 1. The van der Waals surface area contributed by atoms with E-state index in [1.165, 1.54) is 11.0 Å². The molecule has 1 amide bonds. The van der Waals surface area contributed by atoms with Gasteiger partial charge in [0.2, 0.25) is 5.91 Å². The van der Waals surface area contributed by atoms with Crippen LogP contribution in [0.15, 0.2) is 6.33 Å². The molecule has 0 radical (unpaired) electrons. The molecular formula is C10H18N6O2. The highest BCUT2D eigenvalue weighted by molar-refractivity contribution is 5.76.